The lowest BCUT2D eigenvalue weighted by Gasteiger charge is -2.26. The maximum atomic E-state index is 5.59. The molecule has 0 spiro atoms. The van der Waals surface area contributed by atoms with Gasteiger partial charge in [0.1, 0.15) is 0 Å². The molecule has 0 atom stereocenters. The Kier molecular flexibility index (Phi) is 7.16. The van der Waals surface area contributed by atoms with E-state index in [0.29, 0.717) is 13.2 Å². The molecule has 118 valence electrons. The maximum absolute atomic E-state index is 5.59. The first-order valence-corrected chi connectivity index (χ1v) is 7.93. The molecule has 1 aromatic carbocycles. The Labute approximate surface area is 128 Å². The number of rotatable bonds is 8. The van der Waals surface area contributed by atoms with Crippen LogP contribution in [0.3, 0.4) is 0 Å². The van der Waals surface area contributed by atoms with Crippen LogP contribution in [0.2, 0.25) is 0 Å². The van der Waals surface area contributed by atoms with E-state index in [1.807, 2.05) is 13.8 Å². The Morgan fingerprint density at radius 2 is 1.57 bits per heavy atom. The van der Waals surface area contributed by atoms with Gasteiger partial charge in [-0.2, -0.15) is 0 Å². The molecule has 1 aliphatic rings. The highest BCUT2D eigenvalue weighted by Crippen LogP contribution is 2.12. The summed E-state index contributed by atoms with van der Waals surface area (Å²) in [7, 11) is 0. The van der Waals surface area contributed by atoms with Crippen LogP contribution in [0.25, 0.3) is 0 Å². The van der Waals surface area contributed by atoms with Gasteiger partial charge in [-0.1, -0.05) is 24.3 Å². The van der Waals surface area contributed by atoms with Gasteiger partial charge in [0.25, 0.3) is 0 Å². The number of benzene rings is 1. The van der Waals surface area contributed by atoms with Gasteiger partial charge in [0.15, 0.2) is 6.29 Å². The van der Waals surface area contributed by atoms with Gasteiger partial charge in [0.2, 0.25) is 0 Å². The van der Waals surface area contributed by atoms with E-state index in [4.69, 9.17) is 14.2 Å². The van der Waals surface area contributed by atoms with E-state index in [0.717, 1.165) is 39.3 Å². The van der Waals surface area contributed by atoms with Crippen LogP contribution in [0.1, 0.15) is 25.0 Å². The minimum Gasteiger partial charge on any atom is -0.379 e. The fourth-order valence-electron chi connectivity index (χ4n) is 2.53. The molecule has 0 amide bonds. The zero-order valence-corrected chi connectivity index (χ0v) is 13.2. The van der Waals surface area contributed by atoms with Crippen molar-refractivity contribution in [2.75, 3.05) is 39.5 Å². The molecule has 0 N–H and O–H groups in total. The minimum absolute atomic E-state index is 0.134. The van der Waals surface area contributed by atoms with Crippen LogP contribution in [-0.4, -0.2) is 50.7 Å². The van der Waals surface area contributed by atoms with Crippen LogP contribution in [0.4, 0.5) is 0 Å². The first kappa shape index (κ1) is 16.4. The largest absolute Gasteiger partial charge is 0.379 e. The van der Waals surface area contributed by atoms with Crippen LogP contribution in [0, 0.1) is 0 Å². The van der Waals surface area contributed by atoms with Gasteiger partial charge in [-0.05, 0) is 25.0 Å². The standard InChI is InChI=1S/C17H27NO3/c1-3-20-17(21-4-2)13-15-5-7-16(8-6-15)14-18-9-11-19-12-10-18/h5-8,17H,3-4,9-14H2,1-2H3. The number of ether oxygens (including phenoxy) is 3. The fraction of sp³-hybridized carbons (Fsp3) is 0.647. The Hall–Kier alpha value is -0.940. The Morgan fingerprint density at radius 3 is 2.14 bits per heavy atom. The molecule has 1 fully saturated rings. The third kappa shape index (κ3) is 5.75. The normalized spacial score (nSPS) is 16.5. The topological polar surface area (TPSA) is 30.9 Å². The number of morpholine rings is 1. The van der Waals surface area contributed by atoms with Crippen molar-refractivity contribution < 1.29 is 14.2 Å². The van der Waals surface area contributed by atoms with Crippen molar-refractivity contribution in [3.8, 4) is 0 Å². The number of hydrogen-bond acceptors (Lipinski definition) is 4. The molecule has 1 aromatic rings. The van der Waals surface area contributed by atoms with Gasteiger partial charge >= 0.3 is 0 Å². The highest BCUT2D eigenvalue weighted by Gasteiger charge is 2.12. The van der Waals surface area contributed by atoms with Crippen molar-refractivity contribution in [1.29, 1.82) is 0 Å². The summed E-state index contributed by atoms with van der Waals surface area (Å²) in [6.45, 7) is 10.1. The van der Waals surface area contributed by atoms with Crippen molar-refractivity contribution >= 4 is 0 Å². The van der Waals surface area contributed by atoms with Crippen LogP contribution in [-0.2, 0) is 27.2 Å². The monoisotopic (exact) mass is 293 g/mol. The fourth-order valence-corrected chi connectivity index (χ4v) is 2.53. The maximum Gasteiger partial charge on any atom is 0.161 e. The Morgan fingerprint density at radius 1 is 1.00 bits per heavy atom. The molecular formula is C17H27NO3. The summed E-state index contributed by atoms with van der Waals surface area (Å²) < 4.78 is 16.6. The zero-order valence-electron chi connectivity index (χ0n) is 13.2. The lowest BCUT2D eigenvalue weighted by molar-refractivity contribution is -0.134. The Balaban J connectivity index is 1.85. The molecule has 4 nitrogen and oxygen atoms in total. The zero-order chi connectivity index (χ0) is 14.9. The molecule has 4 heteroatoms. The summed E-state index contributed by atoms with van der Waals surface area (Å²) in [6.07, 6.45) is 0.671. The molecule has 0 aromatic heterocycles. The van der Waals surface area contributed by atoms with Gasteiger partial charge in [0, 0.05) is 39.3 Å². The molecule has 21 heavy (non-hydrogen) atoms. The van der Waals surface area contributed by atoms with Gasteiger partial charge in [0.05, 0.1) is 13.2 Å². The molecule has 0 bridgehead atoms. The molecule has 0 aliphatic carbocycles. The first-order chi connectivity index (χ1) is 10.3. The second-order valence-corrected chi connectivity index (χ2v) is 5.25. The van der Waals surface area contributed by atoms with Crippen molar-refractivity contribution in [2.45, 2.75) is 33.1 Å². The van der Waals surface area contributed by atoms with Crippen molar-refractivity contribution in [1.82, 2.24) is 4.90 Å². The van der Waals surface area contributed by atoms with E-state index in [1.54, 1.807) is 0 Å². The van der Waals surface area contributed by atoms with E-state index in [1.165, 1.54) is 11.1 Å². The van der Waals surface area contributed by atoms with Crippen molar-refractivity contribution in [3.05, 3.63) is 35.4 Å². The van der Waals surface area contributed by atoms with Crippen LogP contribution in [0.5, 0.6) is 0 Å². The SMILES string of the molecule is CCOC(Cc1ccc(CN2CCOCC2)cc1)OCC. The van der Waals surface area contributed by atoms with E-state index >= 15 is 0 Å². The van der Waals surface area contributed by atoms with Crippen LogP contribution < -0.4 is 0 Å². The highest BCUT2D eigenvalue weighted by molar-refractivity contribution is 5.23. The lowest BCUT2D eigenvalue weighted by Crippen LogP contribution is -2.35. The summed E-state index contributed by atoms with van der Waals surface area (Å²) >= 11 is 0. The molecule has 1 heterocycles. The average Bonchev–Trinajstić information content (AvgIpc) is 2.51. The predicted octanol–water partition coefficient (Wildman–Crippen LogP) is 2.46. The summed E-state index contributed by atoms with van der Waals surface area (Å²) in [6, 6.07) is 8.78. The lowest BCUT2D eigenvalue weighted by atomic mass is 10.1. The second kappa shape index (κ2) is 9.15. The Bertz CT molecular complexity index is 382. The van der Waals surface area contributed by atoms with Gasteiger partial charge in [-0.25, -0.2) is 0 Å². The molecule has 2 rings (SSSR count). The predicted molar refractivity (Wildman–Crippen MR) is 83.3 cm³/mol. The van der Waals surface area contributed by atoms with Gasteiger partial charge in [-0.15, -0.1) is 0 Å². The minimum atomic E-state index is -0.134. The molecule has 1 saturated heterocycles. The third-order valence-corrected chi connectivity index (χ3v) is 3.64. The summed E-state index contributed by atoms with van der Waals surface area (Å²) in [4.78, 5) is 2.43. The summed E-state index contributed by atoms with van der Waals surface area (Å²) in [5, 5.41) is 0. The van der Waals surface area contributed by atoms with Gasteiger partial charge < -0.3 is 14.2 Å². The first-order valence-electron chi connectivity index (χ1n) is 7.93. The van der Waals surface area contributed by atoms with E-state index in [9.17, 15) is 0 Å². The van der Waals surface area contributed by atoms with Crippen molar-refractivity contribution in [2.24, 2.45) is 0 Å². The van der Waals surface area contributed by atoms with Crippen molar-refractivity contribution in [3.63, 3.8) is 0 Å². The van der Waals surface area contributed by atoms with E-state index in [2.05, 4.69) is 29.2 Å². The molecular weight excluding hydrogens is 266 g/mol. The smallest absolute Gasteiger partial charge is 0.161 e. The third-order valence-electron chi connectivity index (χ3n) is 3.64. The summed E-state index contributed by atoms with van der Waals surface area (Å²) in [5.41, 5.74) is 2.61. The second-order valence-electron chi connectivity index (χ2n) is 5.25. The van der Waals surface area contributed by atoms with E-state index < -0.39 is 0 Å². The molecule has 1 aliphatic heterocycles. The van der Waals surface area contributed by atoms with Crippen LogP contribution in [0.15, 0.2) is 24.3 Å². The molecule has 0 saturated carbocycles. The number of hydrogen-bond donors (Lipinski definition) is 0. The number of nitrogens with zero attached hydrogens (tertiary/aromatic N) is 1. The van der Waals surface area contributed by atoms with E-state index in [-0.39, 0.29) is 6.29 Å². The molecule has 0 radical (unpaired) electrons. The summed E-state index contributed by atoms with van der Waals surface area (Å²) in [5.74, 6) is 0. The highest BCUT2D eigenvalue weighted by atomic mass is 16.7. The quantitative estimate of drug-likeness (QED) is 0.689. The average molecular weight is 293 g/mol. The van der Waals surface area contributed by atoms with Gasteiger partial charge in [-0.3, -0.25) is 4.90 Å². The molecule has 0 unspecified atom stereocenters. The van der Waals surface area contributed by atoms with Crippen LogP contribution >= 0.6 is 0 Å².